The molecule has 4 aliphatic rings. The predicted molar refractivity (Wildman–Crippen MR) is 348 cm³/mol. The summed E-state index contributed by atoms with van der Waals surface area (Å²) < 4.78 is 10.8. The van der Waals surface area contributed by atoms with Crippen LogP contribution in [0, 0.1) is 47.3 Å². The number of nitrogens with one attached hydrogen (secondary N) is 4. The molecule has 0 saturated carbocycles. The summed E-state index contributed by atoms with van der Waals surface area (Å²) >= 11 is 0. The Morgan fingerprint density at radius 3 is 0.791 bits per heavy atom. The lowest BCUT2D eigenvalue weighted by Gasteiger charge is -2.24. The lowest BCUT2D eigenvalue weighted by Crippen LogP contribution is -2.36. The van der Waals surface area contributed by atoms with Crippen molar-refractivity contribution in [3.05, 3.63) is 97.1 Å². The van der Waals surface area contributed by atoms with Gasteiger partial charge in [-0.25, -0.2) is 9.59 Å². The van der Waals surface area contributed by atoms with Crippen molar-refractivity contribution in [1.82, 2.24) is 19.6 Å². The molecule has 4 heterocycles. The molecule has 8 amide bonds. The molecule has 20 heteroatoms. The van der Waals surface area contributed by atoms with Gasteiger partial charge in [0.15, 0.2) is 0 Å². The topological polar surface area (TPSA) is 216 Å². The average Bonchev–Trinajstić information content (AvgIpc) is 4.24. The van der Waals surface area contributed by atoms with Gasteiger partial charge in [0.1, 0.15) is 11.2 Å². The van der Waals surface area contributed by atoms with Gasteiger partial charge < -0.3 is 50.3 Å². The molecule has 4 aromatic carbocycles. The lowest BCUT2D eigenvalue weighted by atomic mass is 9.97. The highest BCUT2D eigenvalue weighted by Gasteiger charge is 2.37. The molecular formula is C66H92N8O10S2. The molecule has 4 N–H and O–H groups in total. The number of likely N-dealkylation sites (tertiary alicyclic amines) is 4. The van der Waals surface area contributed by atoms with Crippen molar-refractivity contribution in [3.8, 4) is 22.3 Å². The van der Waals surface area contributed by atoms with Gasteiger partial charge in [0.05, 0.1) is 23.7 Å². The molecule has 4 fully saturated rings. The van der Waals surface area contributed by atoms with E-state index in [9.17, 15) is 38.4 Å². The van der Waals surface area contributed by atoms with Crippen molar-refractivity contribution in [3.63, 3.8) is 0 Å². The Kier molecular flexibility index (Phi) is 24.7. The van der Waals surface area contributed by atoms with Crippen LogP contribution in [-0.2, 0) is 38.2 Å². The summed E-state index contributed by atoms with van der Waals surface area (Å²) in [4.78, 5) is 108. The van der Waals surface area contributed by atoms with E-state index in [4.69, 9.17) is 9.47 Å². The third kappa shape index (κ3) is 19.5. The molecule has 6 atom stereocenters. The van der Waals surface area contributed by atoms with Gasteiger partial charge >= 0.3 is 12.2 Å². The van der Waals surface area contributed by atoms with E-state index in [1.54, 1.807) is 9.80 Å². The van der Waals surface area contributed by atoms with Crippen molar-refractivity contribution in [2.45, 2.75) is 120 Å². The van der Waals surface area contributed by atoms with Crippen LogP contribution in [0.3, 0.4) is 0 Å². The lowest BCUT2D eigenvalue weighted by molar-refractivity contribution is -0.136. The molecule has 468 valence electrons. The average molecular weight is 1220 g/mol. The largest absolute Gasteiger partial charge is 0.444 e. The summed E-state index contributed by atoms with van der Waals surface area (Å²) in [5, 5.41) is 11.9. The van der Waals surface area contributed by atoms with E-state index < -0.39 is 23.4 Å². The zero-order valence-electron chi connectivity index (χ0n) is 52.2. The molecule has 4 aliphatic heterocycles. The highest BCUT2D eigenvalue weighted by atomic mass is 32.1. The number of amides is 8. The molecule has 0 spiro atoms. The highest BCUT2D eigenvalue weighted by Crippen LogP contribution is 2.30. The molecule has 0 bridgehead atoms. The molecule has 0 radical (unpaired) electrons. The van der Waals surface area contributed by atoms with Crippen LogP contribution in [0.1, 0.15) is 109 Å². The first-order chi connectivity index (χ1) is 39.6. The van der Waals surface area contributed by atoms with Crippen molar-refractivity contribution in [2.24, 2.45) is 47.3 Å². The molecule has 8 rings (SSSR count). The standard InChI is InChI=1S/C34H46N4O4.C32H42N4O6.2H2S/c1-21(2)23(5)33(41)37-17-15-27(19-37)31(39)35-29-11-7-25(8-12-29)26-9-13-30(14-10-26)36-32(40)28-16-18-38(20-28)34(42)24(6)22(3)4;1-31(2,3)41-29(39)35-17-15-23(19-35)27(37)33-25-11-7-21(8-12-25)22-9-13-26(14-10-22)34-28(38)24-16-18-36(20-24)30(40)42-32(4,5)6;;/h7-14,21-24,27-28H,15-20H2,1-6H3,(H,35,39)(H,36,40);7-14,23-24H,15-20H2,1-6H3,(H,33,37)(H,34,38);2*1H2/t23-,24-,27?,28?;;;/m0.../s1. The summed E-state index contributed by atoms with van der Waals surface area (Å²) in [6.45, 7) is 26.9. The van der Waals surface area contributed by atoms with Crippen LogP contribution in [0.4, 0.5) is 32.3 Å². The quantitative estimate of drug-likeness (QED) is 0.0936. The number of nitrogens with zero attached hydrogens (tertiary/aromatic N) is 4. The van der Waals surface area contributed by atoms with Gasteiger partial charge in [0.25, 0.3) is 0 Å². The predicted octanol–water partition coefficient (Wildman–Crippen LogP) is 11.5. The fraction of sp³-hybridized carbons (Fsp3) is 0.515. The van der Waals surface area contributed by atoms with Crippen LogP contribution in [0.25, 0.3) is 22.3 Å². The Bertz CT molecular complexity index is 2780. The van der Waals surface area contributed by atoms with Crippen molar-refractivity contribution < 1.29 is 47.8 Å². The molecular weight excluding hydrogens is 1130 g/mol. The maximum atomic E-state index is 12.9. The minimum Gasteiger partial charge on any atom is -0.444 e. The van der Waals surface area contributed by atoms with E-state index in [-0.39, 0.29) is 110 Å². The van der Waals surface area contributed by atoms with Crippen LogP contribution in [0.5, 0.6) is 0 Å². The van der Waals surface area contributed by atoms with Crippen LogP contribution in [-0.4, -0.2) is 131 Å². The first-order valence-electron chi connectivity index (χ1n) is 29.8. The highest BCUT2D eigenvalue weighted by molar-refractivity contribution is 7.59. The maximum absolute atomic E-state index is 12.9. The molecule has 0 aromatic heterocycles. The first kappa shape index (κ1) is 69.7. The smallest absolute Gasteiger partial charge is 0.410 e. The second-order valence-electron chi connectivity index (χ2n) is 25.7. The molecule has 0 aliphatic carbocycles. The number of rotatable bonds is 14. The number of hydrogen-bond donors (Lipinski definition) is 4. The second-order valence-corrected chi connectivity index (χ2v) is 25.7. The Morgan fingerprint density at radius 2 is 0.581 bits per heavy atom. The molecule has 18 nitrogen and oxygen atoms in total. The third-order valence-electron chi connectivity index (χ3n) is 16.2. The van der Waals surface area contributed by atoms with Crippen molar-refractivity contribution >= 4 is 97.4 Å². The zero-order valence-corrected chi connectivity index (χ0v) is 54.2. The number of ether oxygens (including phenoxy) is 2. The van der Waals surface area contributed by atoms with Gasteiger partial charge in [-0.05, 0) is 150 Å². The van der Waals surface area contributed by atoms with E-state index in [1.807, 2.05) is 190 Å². The first-order valence-corrected chi connectivity index (χ1v) is 29.8. The van der Waals surface area contributed by atoms with Crippen molar-refractivity contribution in [1.29, 1.82) is 0 Å². The molecule has 4 unspecified atom stereocenters. The molecule has 4 saturated heterocycles. The SMILES string of the molecule is CC(C)(C)OC(=O)N1CCC(C(=O)Nc2ccc(-c3ccc(NC(=O)C4CCN(C(=O)OC(C)(C)C)C4)cc3)cc2)C1.CC(C)[C@H](C)C(=O)N1CCC(C(=O)Nc2ccc(-c3ccc(NC(=O)C4CCN(C(=O)[C@@H](C)C(C)C)C4)cc3)cc2)C1.S.S. The van der Waals surface area contributed by atoms with Gasteiger partial charge in [0.2, 0.25) is 35.4 Å². The minimum atomic E-state index is -0.573. The van der Waals surface area contributed by atoms with Gasteiger partial charge in [-0.3, -0.25) is 28.8 Å². The Labute approximate surface area is 522 Å². The maximum Gasteiger partial charge on any atom is 0.410 e. The number of carbonyl (C=O) groups is 8. The van der Waals surface area contributed by atoms with E-state index in [0.717, 1.165) is 33.6 Å². The number of hydrogen-bond acceptors (Lipinski definition) is 10. The summed E-state index contributed by atoms with van der Waals surface area (Å²) in [5.41, 5.74) is 5.58. The minimum absolute atomic E-state index is 0. The zero-order chi connectivity index (χ0) is 61.2. The monoisotopic (exact) mass is 1220 g/mol. The van der Waals surface area contributed by atoms with E-state index in [0.29, 0.717) is 89.4 Å². The summed E-state index contributed by atoms with van der Waals surface area (Å²) in [5.74, 6) is -0.607. The van der Waals surface area contributed by atoms with Gasteiger partial charge in [-0.15, -0.1) is 0 Å². The van der Waals surface area contributed by atoms with Gasteiger partial charge in [-0.1, -0.05) is 90.1 Å². The van der Waals surface area contributed by atoms with Crippen molar-refractivity contribution in [2.75, 3.05) is 73.6 Å². The Balaban J connectivity index is 0.000000307. The normalized spacial score (nSPS) is 19.0. The van der Waals surface area contributed by atoms with E-state index >= 15 is 0 Å². The number of carbonyl (C=O) groups excluding carboxylic acids is 8. The number of benzene rings is 4. The summed E-state index contributed by atoms with van der Waals surface area (Å²) in [6, 6.07) is 30.5. The summed E-state index contributed by atoms with van der Waals surface area (Å²) in [6.07, 6.45) is 1.76. The second kappa shape index (κ2) is 30.5. The van der Waals surface area contributed by atoms with Crippen LogP contribution in [0.2, 0.25) is 0 Å². The molecule has 86 heavy (non-hydrogen) atoms. The van der Waals surface area contributed by atoms with Crippen LogP contribution in [0.15, 0.2) is 97.1 Å². The van der Waals surface area contributed by atoms with Crippen LogP contribution >= 0.6 is 27.0 Å². The summed E-state index contributed by atoms with van der Waals surface area (Å²) in [7, 11) is 0. The Hall–Kier alpha value is -7.06. The van der Waals surface area contributed by atoms with E-state index in [2.05, 4.69) is 21.3 Å². The fourth-order valence-electron chi connectivity index (χ4n) is 10.4. The van der Waals surface area contributed by atoms with Gasteiger partial charge in [0, 0.05) is 86.9 Å². The third-order valence-corrected chi connectivity index (χ3v) is 16.2. The molecule has 4 aromatic rings. The van der Waals surface area contributed by atoms with E-state index in [1.165, 1.54) is 0 Å². The van der Waals surface area contributed by atoms with Gasteiger partial charge in [-0.2, -0.15) is 27.0 Å². The van der Waals surface area contributed by atoms with Crippen LogP contribution < -0.4 is 21.3 Å². The Morgan fingerprint density at radius 1 is 0.372 bits per heavy atom. The fourth-order valence-corrected chi connectivity index (χ4v) is 10.4. The number of anilines is 4.